The van der Waals surface area contributed by atoms with Gasteiger partial charge in [0, 0.05) is 23.6 Å². The van der Waals surface area contributed by atoms with Crippen LogP contribution in [0.2, 0.25) is 0 Å². The third-order valence-electron chi connectivity index (χ3n) is 5.39. The van der Waals surface area contributed by atoms with Crippen molar-refractivity contribution in [3.8, 4) is 0 Å². The molecule has 8 nitrogen and oxygen atoms in total. The summed E-state index contributed by atoms with van der Waals surface area (Å²) in [6, 6.07) is 1.27. The van der Waals surface area contributed by atoms with E-state index in [1.165, 1.54) is 13.0 Å². The predicted octanol–water partition coefficient (Wildman–Crippen LogP) is 3.66. The summed E-state index contributed by atoms with van der Waals surface area (Å²) in [5.74, 6) is -2.48. The van der Waals surface area contributed by atoms with E-state index in [4.69, 9.17) is 10.5 Å². The summed E-state index contributed by atoms with van der Waals surface area (Å²) in [7, 11) is 0. The minimum absolute atomic E-state index is 0.0494. The van der Waals surface area contributed by atoms with Gasteiger partial charge in [0.1, 0.15) is 11.6 Å². The number of hydrogen-bond acceptors (Lipinski definition) is 7. The molecule has 0 aliphatic carbocycles. The third-order valence-corrected chi connectivity index (χ3v) is 5.39. The second-order valence-electron chi connectivity index (χ2n) is 7.52. The minimum Gasteiger partial charge on any atom is -0.383 e. The van der Waals surface area contributed by atoms with Crippen LogP contribution in [0.3, 0.4) is 0 Å². The minimum atomic E-state index is -4.93. The Balaban J connectivity index is 1.73. The number of amides is 1. The smallest absolute Gasteiger partial charge is 0.383 e. The van der Waals surface area contributed by atoms with Crippen LogP contribution < -0.4 is 5.73 Å². The highest BCUT2D eigenvalue weighted by Crippen LogP contribution is 2.33. The van der Waals surface area contributed by atoms with Crippen molar-refractivity contribution in [3.63, 3.8) is 0 Å². The first-order valence-electron chi connectivity index (χ1n) is 10.0. The van der Waals surface area contributed by atoms with Gasteiger partial charge in [0.15, 0.2) is 11.6 Å². The molecule has 4 rings (SSSR count). The molecule has 0 saturated heterocycles. The number of nitrogen functional groups attached to an aromatic ring is 1. The average molecular weight is 483 g/mol. The van der Waals surface area contributed by atoms with Gasteiger partial charge in [0.05, 0.1) is 49.3 Å². The molecule has 34 heavy (non-hydrogen) atoms. The highest BCUT2D eigenvalue weighted by molar-refractivity contribution is 5.99. The van der Waals surface area contributed by atoms with Crippen molar-refractivity contribution in [2.45, 2.75) is 32.5 Å². The Kier molecular flexibility index (Phi) is 6.32. The van der Waals surface area contributed by atoms with E-state index in [0.29, 0.717) is 16.5 Å². The van der Waals surface area contributed by atoms with Gasteiger partial charge in [-0.3, -0.25) is 9.53 Å². The number of alkyl halides is 3. The van der Waals surface area contributed by atoms with E-state index in [2.05, 4.69) is 19.7 Å². The highest BCUT2D eigenvalue weighted by Gasteiger charge is 2.32. The summed E-state index contributed by atoms with van der Waals surface area (Å²) < 4.78 is 75.0. The molecule has 1 aliphatic rings. The van der Waals surface area contributed by atoms with E-state index in [1.807, 2.05) is 0 Å². The number of fused-ring (bicyclic) bond motifs is 3. The number of halogens is 5. The van der Waals surface area contributed by atoms with E-state index in [1.54, 1.807) is 0 Å². The SMILES string of the molecule is C[C@@H](c1ncc(F)cn1)N(CCOC(F)(F)F)C(=O)c1cc2c3c(c(N)nc2cc1F)COC3. The number of carbonyl (C=O) groups excluding carboxylic acids is 1. The lowest BCUT2D eigenvalue weighted by molar-refractivity contribution is -0.324. The number of hydrogen-bond donors (Lipinski definition) is 1. The Labute approximate surface area is 189 Å². The van der Waals surface area contributed by atoms with E-state index < -0.39 is 48.7 Å². The molecular formula is C21H18F5N5O3. The second kappa shape index (κ2) is 9.06. The van der Waals surface area contributed by atoms with Crippen molar-refractivity contribution in [2.24, 2.45) is 0 Å². The predicted molar refractivity (Wildman–Crippen MR) is 108 cm³/mol. The summed E-state index contributed by atoms with van der Waals surface area (Å²) in [5.41, 5.74) is 6.98. The summed E-state index contributed by atoms with van der Waals surface area (Å²) in [5, 5.41) is 0.434. The van der Waals surface area contributed by atoms with Crippen molar-refractivity contribution in [1.82, 2.24) is 19.9 Å². The number of pyridine rings is 1. The monoisotopic (exact) mass is 483 g/mol. The van der Waals surface area contributed by atoms with E-state index in [0.717, 1.165) is 23.4 Å². The molecule has 0 saturated carbocycles. The Morgan fingerprint density at radius 1 is 1.21 bits per heavy atom. The Hall–Kier alpha value is -3.45. The fraction of sp³-hybridized carbons (Fsp3) is 0.333. The Morgan fingerprint density at radius 3 is 2.56 bits per heavy atom. The van der Waals surface area contributed by atoms with Crippen LogP contribution in [-0.4, -0.2) is 45.3 Å². The lowest BCUT2D eigenvalue weighted by atomic mass is 10.0. The van der Waals surface area contributed by atoms with E-state index in [9.17, 15) is 26.7 Å². The fourth-order valence-electron chi connectivity index (χ4n) is 3.72. The van der Waals surface area contributed by atoms with Gasteiger partial charge in [0.2, 0.25) is 0 Å². The molecule has 3 aromatic rings. The number of rotatable bonds is 6. The largest absolute Gasteiger partial charge is 0.522 e. The first-order valence-corrected chi connectivity index (χ1v) is 10.0. The second-order valence-corrected chi connectivity index (χ2v) is 7.52. The van der Waals surface area contributed by atoms with Crippen LogP contribution in [0, 0.1) is 11.6 Å². The standard InChI is InChI=1S/C21H18F5N5O3/c1-10(19-28-6-11(22)7-29-19)31(2-3-34-21(24,25)26)20(32)13-4-12-14-8-33-9-15(14)18(27)30-17(12)5-16(13)23/h4-7,10H,2-3,8-9H2,1H3,(H2,27,30)/t10-/m0/s1. The molecule has 1 amide bonds. The number of nitrogens with zero attached hydrogens (tertiary/aromatic N) is 4. The van der Waals surface area contributed by atoms with Crippen molar-refractivity contribution < 1.29 is 36.2 Å². The first kappa shape index (κ1) is 23.7. The van der Waals surface area contributed by atoms with Crippen molar-refractivity contribution >= 4 is 22.6 Å². The van der Waals surface area contributed by atoms with E-state index in [-0.39, 0.29) is 30.4 Å². The molecule has 0 radical (unpaired) electrons. The molecule has 13 heteroatoms. The normalized spacial score (nSPS) is 14.3. The van der Waals surface area contributed by atoms with Crippen LogP contribution in [0.15, 0.2) is 24.5 Å². The maximum absolute atomic E-state index is 15.0. The van der Waals surface area contributed by atoms with Crippen molar-refractivity contribution in [3.05, 3.63) is 58.7 Å². The fourth-order valence-corrected chi connectivity index (χ4v) is 3.72. The zero-order valence-corrected chi connectivity index (χ0v) is 17.7. The first-order chi connectivity index (χ1) is 16.0. The van der Waals surface area contributed by atoms with Gasteiger partial charge in [-0.1, -0.05) is 0 Å². The molecule has 1 aromatic carbocycles. The zero-order chi connectivity index (χ0) is 24.6. The van der Waals surface area contributed by atoms with Crippen LogP contribution >= 0.6 is 0 Å². The van der Waals surface area contributed by atoms with Gasteiger partial charge in [0.25, 0.3) is 5.91 Å². The summed E-state index contributed by atoms with van der Waals surface area (Å²) in [4.78, 5) is 26.0. The van der Waals surface area contributed by atoms with Crippen LogP contribution in [-0.2, 0) is 22.7 Å². The lowest BCUT2D eigenvalue weighted by Crippen LogP contribution is -2.38. The van der Waals surface area contributed by atoms with Crippen LogP contribution in [0.25, 0.3) is 10.9 Å². The lowest BCUT2D eigenvalue weighted by Gasteiger charge is -2.28. The molecular weight excluding hydrogens is 465 g/mol. The average Bonchev–Trinajstić information content (AvgIpc) is 3.26. The van der Waals surface area contributed by atoms with Gasteiger partial charge in [-0.25, -0.2) is 23.7 Å². The molecule has 2 N–H and O–H groups in total. The highest BCUT2D eigenvalue weighted by atomic mass is 19.4. The summed E-state index contributed by atoms with van der Waals surface area (Å²) in [6.45, 7) is 0.326. The molecule has 1 atom stereocenters. The number of ether oxygens (including phenoxy) is 2. The topological polar surface area (TPSA) is 103 Å². The van der Waals surface area contributed by atoms with Gasteiger partial charge >= 0.3 is 6.36 Å². The molecule has 0 unspecified atom stereocenters. The van der Waals surface area contributed by atoms with E-state index >= 15 is 0 Å². The molecule has 1 aliphatic heterocycles. The zero-order valence-electron chi connectivity index (χ0n) is 17.7. The number of carbonyl (C=O) groups is 1. The molecule has 180 valence electrons. The van der Waals surface area contributed by atoms with Crippen LogP contribution in [0.1, 0.15) is 40.3 Å². The van der Waals surface area contributed by atoms with Crippen molar-refractivity contribution in [2.75, 3.05) is 18.9 Å². The number of anilines is 1. The number of aromatic nitrogens is 3. The Morgan fingerprint density at radius 2 is 1.88 bits per heavy atom. The number of benzene rings is 1. The van der Waals surface area contributed by atoms with Crippen LogP contribution in [0.5, 0.6) is 0 Å². The quantitative estimate of drug-likeness (QED) is 0.534. The van der Waals surface area contributed by atoms with Gasteiger partial charge in [-0.05, 0) is 18.6 Å². The molecule has 0 fully saturated rings. The molecule has 3 heterocycles. The third kappa shape index (κ3) is 4.75. The van der Waals surface area contributed by atoms with Gasteiger partial charge < -0.3 is 15.4 Å². The maximum atomic E-state index is 15.0. The maximum Gasteiger partial charge on any atom is 0.522 e. The van der Waals surface area contributed by atoms with Crippen molar-refractivity contribution in [1.29, 1.82) is 0 Å². The van der Waals surface area contributed by atoms with Gasteiger partial charge in [-0.2, -0.15) is 0 Å². The number of nitrogens with two attached hydrogens (primary N) is 1. The molecule has 0 spiro atoms. The van der Waals surface area contributed by atoms with Crippen LogP contribution in [0.4, 0.5) is 27.8 Å². The summed E-state index contributed by atoms with van der Waals surface area (Å²) in [6.07, 6.45) is -3.22. The molecule has 2 aromatic heterocycles. The van der Waals surface area contributed by atoms with Gasteiger partial charge in [-0.15, -0.1) is 13.2 Å². The molecule has 0 bridgehead atoms. The Bertz CT molecular complexity index is 1240. The summed E-state index contributed by atoms with van der Waals surface area (Å²) >= 11 is 0.